The number of carboxylic acid groups (broad SMARTS) is 2. The Kier molecular flexibility index (Phi) is 5.99. The summed E-state index contributed by atoms with van der Waals surface area (Å²) in [6, 6.07) is 0. The SMILES string of the molecule is O=C(O)/C=C\C(=O)NC[C@@H](CC(=O)O)S(=O)(=O)O. The zero-order valence-corrected chi connectivity index (χ0v) is 9.75. The molecular formula is C8H11NO8S. The van der Waals surface area contributed by atoms with Crippen LogP contribution in [0.1, 0.15) is 6.42 Å². The van der Waals surface area contributed by atoms with Gasteiger partial charge >= 0.3 is 11.9 Å². The van der Waals surface area contributed by atoms with Crippen molar-refractivity contribution >= 4 is 28.0 Å². The van der Waals surface area contributed by atoms with E-state index in [-0.39, 0.29) is 0 Å². The van der Waals surface area contributed by atoms with E-state index < -0.39 is 46.2 Å². The van der Waals surface area contributed by atoms with Crippen molar-refractivity contribution in [2.45, 2.75) is 11.7 Å². The molecule has 0 aliphatic carbocycles. The van der Waals surface area contributed by atoms with Gasteiger partial charge in [0.05, 0.1) is 6.42 Å². The maximum atomic E-state index is 11.0. The predicted octanol–water partition coefficient (Wildman–Crippen LogP) is -1.53. The summed E-state index contributed by atoms with van der Waals surface area (Å²) in [7, 11) is -4.62. The fourth-order valence-corrected chi connectivity index (χ4v) is 1.55. The van der Waals surface area contributed by atoms with Crippen LogP contribution in [0.15, 0.2) is 12.2 Å². The normalized spacial score (nSPS) is 13.2. The quantitative estimate of drug-likeness (QED) is 0.323. The third kappa shape index (κ3) is 7.35. The van der Waals surface area contributed by atoms with Gasteiger partial charge in [-0.2, -0.15) is 8.42 Å². The Morgan fingerprint density at radius 3 is 2.11 bits per heavy atom. The van der Waals surface area contributed by atoms with Crippen LogP contribution in [0.2, 0.25) is 0 Å². The molecule has 0 unspecified atom stereocenters. The summed E-state index contributed by atoms with van der Waals surface area (Å²) in [4.78, 5) is 31.4. The molecule has 0 bridgehead atoms. The second-order valence-corrected chi connectivity index (χ2v) is 4.85. The first-order chi connectivity index (χ1) is 8.12. The third-order valence-corrected chi connectivity index (χ3v) is 2.88. The van der Waals surface area contributed by atoms with E-state index in [1.807, 2.05) is 5.32 Å². The lowest BCUT2D eigenvalue weighted by Crippen LogP contribution is -2.37. The highest BCUT2D eigenvalue weighted by Crippen LogP contribution is 2.03. The van der Waals surface area contributed by atoms with E-state index >= 15 is 0 Å². The average Bonchev–Trinajstić information content (AvgIpc) is 2.19. The minimum Gasteiger partial charge on any atom is -0.481 e. The highest BCUT2D eigenvalue weighted by atomic mass is 32.2. The van der Waals surface area contributed by atoms with Gasteiger partial charge in [-0.3, -0.25) is 14.1 Å². The van der Waals surface area contributed by atoms with Crippen molar-refractivity contribution in [1.29, 1.82) is 0 Å². The Balaban J connectivity index is 4.50. The van der Waals surface area contributed by atoms with Crippen LogP contribution in [-0.4, -0.2) is 52.8 Å². The van der Waals surface area contributed by atoms with Gasteiger partial charge < -0.3 is 15.5 Å². The third-order valence-electron chi connectivity index (χ3n) is 1.70. The van der Waals surface area contributed by atoms with Crippen molar-refractivity contribution in [2.24, 2.45) is 0 Å². The first kappa shape index (κ1) is 16.1. The van der Waals surface area contributed by atoms with Crippen LogP contribution in [0.25, 0.3) is 0 Å². The number of rotatable bonds is 7. The van der Waals surface area contributed by atoms with Crippen LogP contribution >= 0.6 is 0 Å². The van der Waals surface area contributed by atoms with E-state index in [4.69, 9.17) is 14.8 Å². The van der Waals surface area contributed by atoms with Crippen LogP contribution in [0.5, 0.6) is 0 Å². The highest BCUT2D eigenvalue weighted by Gasteiger charge is 2.26. The van der Waals surface area contributed by atoms with Gasteiger partial charge in [0.2, 0.25) is 5.91 Å². The number of carbonyl (C=O) groups is 3. The van der Waals surface area contributed by atoms with Crippen molar-refractivity contribution < 1.29 is 37.6 Å². The monoisotopic (exact) mass is 281 g/mol. The number of carbonyl (C=O) groups excluding carboxylic acids is 1. The lowest BCUT2D eigenvalue weighted by atomic mass is 10.3. The molecule has 18 heavy (non-hydrogen) atoms. The molecule has 0 aromatic heterocycles. The maximum Gasteiger partial charge on any atom is 0.328 e. The van der Waals surface area contributed by atoms with Gasteiger partial charge in [0.15, 0.2) is 0 Å². The van der Waals surface area contributed by atoms with Crippen LogP contribution in [0, 0.1) is 0 Å². The summed E-state index contributed by atoms with van der Waals surface area (Å²) in [6.45, 7) is -0.645. The second kappa shape index (κ2) is 6.71. The molecule has 0 spiro atoms. The smallest absolute Gasteiger partial charge is 0.328 e. The number of hydrogen-bond acceptors (Lipinski definition) is 5. The minimum atomic E-state index is -4.62. The number of nitrogens with one attached hydrogen (secondary N) is 1. The molecule has 10 heteroatoms. The maximum absolute atomic E-state index is 11.0. The fourth-order valence-electron chi connectivity index (χ4n) is 0.898. The van der Waals surface area contributed by atoms with Gasteiger partial charge in [0, 0.05) is 18.7 Å². The van der Waals surface area contributed by atoms with Gasteiger partial charge in [0.25, 0.3) is 10.1 Å². The first-order valence-corrected chi connectivity index (χ1v) is 6.00. The van der Waals surface area contributed by atoms with Crippen LogP contribution in [0.3, 0.4) is 0 Å². The predicted molar refractivity (Wildman–Crippen MR) is 57.4 cm³/mol. The van der Waals surface area contributed by atoms with Crippen molar-refractivity contribution in [1.82, 2.24) is 5.32 Å². The van der Waals surface area contributed by atoms with Gasteiger partial charge in [-0.05, 0) is 0 Å². The Labute approximate surface area is 102 Å². The Morgan fingerprint density at radius 2 is 1.72 bits per heavy atom. The molecule has 9 nitrogen and oxygen atoms in total. The Bertz CT molecular complexity index is 465. The van der Waals surface area contributed by atoms with Crippen LogP contribution in [-0.2, 0) is 24.5 Å². The van der Waals surface area contributed by atoms with Gasteiger partial charge in [-0.25, -0.2) is 4.79 Å². The van der Waals surface area contributed by atoms with E-state index in [1.54, 1.807) is 0 Å². The van der Waals surface area contributed by atoms with Crippen molar-refractivity contribution in [2.75, 3.05) is 6.54 Å². The van der Waals surface area contributed by atoms with E-state index in [2.05, 4.69) is 0 Å². The number of carboxylic acids is 2. The summed E-state index contributed by atoms with van der Waals surface area (Å²) in [5.41, 5.74) is 0. The summed E-state index contributed by atoms with van der Waals surface area (Å²) in [6.07, 6.45) is 0.265. The molecule has 4 N–H and O–H groups in total. The average molecular weight is 281 g/mol. The molecular weight excluding hydrogens is 270 g/mol. The number of hydrogen-bond donors (Lipinski definition) is 4. The topological polar surface area (TPSA) is 158 Å². The van der Waals surface area contributed by atoms with Crippen molar-refractivity contribution in [3.05, 3.63) is 12.2 Å². The van der Waals surface area contributed by atoms with Crippen LogP contribution in [0.4, 0.5) is 0 Å². The molecule has 0 heterocycles. The van der Waals surface area contributed by atoms with Gasteiger partial charge in [-0.1, -0.05) is 0 Å². The molecule has 0 aliphatic rings. The summed E-state index contributed by atoms with van der Waals surface area (Å²) in [5, 5.41) is 16.9. The van der Waals surface area contributed by atoms with Gasteiger partial charge in [-0.15, -0.1) is 0 Å². The Hall–Kier alpha value is -1.94. The lowest BCUT2D eigenvalue weighted by molar-refractivity contribution is -0.137. The summed E-state index contributed by atoms with van der Waals surface area (Å²) < 4.78 is 30.3. The highest BCUT2D eigenvalue weighted by molar-refractivity contribution is 7.86. The molecule has 0 aromatic carbocycles. The molecule has 1 atom stereocenters. The molecule has 0 rings (SSSR count). The van der Waals surface area contributed by atoms with Crippen molar-refractivity contribution in [3.63, 3.8) is 0 Å². The molecule has 1 amide bonds. The summed E-state index contributed by atoms with van der Waals surface area (Å²) in [5.74, 6) is -3.76. The lowest BCUT2D eigenvalue weighted by Gasteiger charge is -2.11. The molecule has 0 saturated carbocycles. The summed E-state index contributed by atoms with van der Waals surface area (Å²) >= 11 is 0. The molecule has 0 fully saturated rings. The van der Waals surface area contributed by atoms with E-state index in [0.717, 1.165) is 0 Å². The first-order valence-electron chi connectivity index (χ1n) is 4.50. The van der Waals surface area contributed by atoms with E-state index in [1.165, 1.54) is 0 Å². The minimum absolute atomic E-state index is 0.523. The number of aliphatic carboxylic acids is 2. The van der Waals surface area contributed by atoms with Crippen molar-refractivity contribution in [3.8, 4) is 0 Å². The zero-order chi connectivity index (χ0) is 14.3. The fraction of sp³-hybridized carbons (Fsp3) is 0.375. The molecule has 0 radical (unpaired) electrons. The zero-order valence-electron chi connectivity index (χ0n) is 8.94. The number of amides is 1. The van der Waals surface area contributed by atoms with E-state index in [9.17, 15) is 22.8 Å². The van der Waals surface area contributed by atoms with Gasteiger partial charge in [0.1, 0.15) is 5.25 Å². The molecule has 0 saturated heterocycles. The second-order valence-electron chi connectivity index (χ2n) is 3.15. The Morgan fingerprint density at radius 1 is 1.17 bits per heavy atom. The largest absolute Gasteiger partial charge is 0.481 e. The molecule has 0 aliphatic heterocycles. The van der Waals surface area contributed by atoms with E-state index in [0.29, 0.717) is 12.2 Å². The molecule has 102 valence electrons. The molecule has 0 aromatic rings. The van der Waals surface area contributed by atoms with Crippen LogP contribution < -0.4 is 5.32 Å². The standard InChI is InChI=1S/C8H11NO8S/c10-6(1-2-7(11)12)9-4-5(3-8(13)14)18(15,16)17/h1-2,5H,3-4H2,(H,9,10)(H,11,12)(H,13,14)(H,15,16,17)/b2-1-/t5-/m1/s1.